The van der Waals surface area contributed by atoms with Gasteiger partial charge in [0.05, 0.1) is 28.9 Å². The van der Waals surface area contributed by atoms with Crippen molar-refractivity contribution < 1.29 is 0 Å². The molecule has 0 bridgehead atoms. The van der Waals surface area contributed by atoms with Crippen LogP contribution in [0.4, 0.5) is 5.82 Å². The molecule has 4 rings (SSSR count). The molecule has 3 aromatic heterocycles. The number of aromatic nitrogens is 6. The largest absolute Gasteiger partial charge is 0.383 e. The predicted molar refractivity (Wildman–Crippen MR) is 124 cm³/mol. The maximum absolute atomic E-state index is 12.7. The van der Waals surface area contributed by atoms with Crippen LogP contribution in [-0.4, -0.2) is 29.5 Å². The molecule has 0 aliphatic carbocycles. The van der Waals surface area contributed by atoms with Gasteiger partial charge in [-0.2, -0.15) is 10.2 Å². The summed E-state index contributed by atoms with van der Waals surface area (Å²) in [4.78, 5) is 21.2. The Kier molecular flexibility index (Phi) is 6.48. The molecule has 3 heterocycles. The summed E-state index contributed by atoms with van der Waals surface area (Å²) in [5, 5.41) is 10.1. The van der Waals surface area contributed by atoms with E-state index < -0.39 is 0 Å². The Morgan fingerprint density at radius 2 is 1.65 bits per heavy atom. The first-order chi connectivity index (χ1) is 14.9. The van der Waals surface area contributed by atoms with E-state index in [2.05, 4.69) is 15.1 Å². The number of rotatable bonds is 4. The summed E-state index contributed by atoms with van der Waals surface area (Å²) in [6, 6.07) is 11.2. The van der Waals surface area contributed by atoms with Gasteiger partial charge in [-0.15, -0.1) is 0 Å². The van der Waals surface area contributed by atoms with Crippen molar-refractivity contribution in [2.75, 3.05) is 5.73 Å². The maximum atomic E-state index is 12.7. The molecule has 2 N–H and O–H groups in total. The maximum Gasteiger partial charge on any atom is 0.267 e. The molecule has 0 aliphatic heterocycles. The highest BCUT2D eigenvalue weighted by Crippen LogP contribution is 2.31. The molecular formula is C23H29N7O. The van der Waals surface area contributed by atoms with Crippen LogP contribution in [0, 0.1) is 6.92 Å². The number of fused-ring (bicyclic) bond motifs is 1. The van der Waals surface area contributed by atoms with E-state index >= 15 is 0 Å². The SMILES string of the molecule is CC.Cc1nn(C(C)c2cc(=O)n(C(C)C)nc2-c2ccccc2)c2ncnc(N)c12. The second-order valence-electron chi connectivity index (χ2n) is 7.35. The third kappa shape index (κ3) is 4.05. The predicted octanol–water partition coefficient (Wildman–Crippen LogP) is 4.16. The molecule has 0 amide bonds. The number of anilines is 1. The summed E-state index contributed by atoms with van der Waals surface area (Å²) < 4.78 is 3.29. The fraction of sp³-hybridized carbons (Fsp3) is 0.348. The van der Waals surface area contributed by atoms with E-state index in [1.807, 2.05) is 71.9 Å². The molecule has 8 heteroatoms. The number of nitrogens with zero attached hydrogens (tertiary/aromatic N) is 6. The van der Waals surface area contributed by atoms with Gasteiger partial charge in [0.15, 0.2) is 5.65 Å². The van der Waals surface area contributed by atoms with Gasteiger partial charge in [-0.3, -0.25) is 4.79 Å². The van der Waals surface area contributed by atoms with Crippen LogP contribution in [0.25, 0.3) is 22.3 Å². The van der Waals surface area contributed by atoms with Gasteiger partial charge in [0.1, 0.15) is 12.1 Å². The zero-order chi connectivity index (χ0) is 22.7. The Morgan fingerprint density at radius 3 is 2.29 bits per heavy atom. The second-order valence-corrected chi connectivity index (χ2v) is 7.35. The van der Waals surface area contributed by atoms with Crippen LogP contribution in [0.15, 0.2) is 47.5 Å². The monoisotopic (exact) mass is 419 g/mol. The molecule has 4 aromatic rings. The molecule has 1 atom stereocenters. The van der Waals surface area contributed by atoms with Crippen LogP contribution in [0.2, 0.25) is 0 Å². The summed E-state index contributed by atoms with van der Waals surface area (Å²) in [7, 11) is 0. The van der Waals surface area contributed by atoms with E-state index in [1.165, 1.54) is 11.0 Å². The van der Waals surface area contributed by atoms with Gasteiger partial charge in [-0.1, -0.05) is 44.2 Å². The zero-order valence-electron chi connectivity index (χ0n) is 18.9. The lowest BCUT2D eigenvalue weighted by Gasteiger charge is -2.19. The zero-order valence-corrected chi connectivity index (χ0v) is 18.9. The highest BCUT2D eigenvalue weighted by Gasteiger charge is 2.23. The van der Waals surface area contributed by atoms with Crippen molar-refractivity contribution >= 4 is 16.9 Å². The molecule has 8 nitrogen and oxygen atoms in total. The summed E-state index contributed by atoms with van der Waals surface area (Å²) >= 11 is 0. The molecule has 0 aliphatic rings. The number of nitrogen functional groups attached to an aromatic ring is 1. The van der Waals surface area contributed by atoms with Gasteiger partial charge >= 0.3 is 0 Å². The van der Waals surface area contributed by atoms with Crippen molar-refractivity contribution in [1.29, 1.82) is 0 Å². The molecule has 31 heavy (non-hydrogen) atoms. The molecule has 0 spiro atoms. The number of nitrogens with two attached hydrogens (primary N) is 1. The van der Waals surface area contributed by atoms with Gasteiger partial charge in [0, 0.05) is 17.2 Å². The first-order valence-corrected chi connectivity index (χ1v) is 10.5. The number of hydrogen-bond acceptors (Lipinski definition) is 6. The molecule has 1 aromatic carbocycles. The van der Waals surface area contributed by atoms with Crippen LogP contribution in [0.3, 0.4) is 0 Å². The Labute approximate surface area is 181 Å². The molecular weight excluding hydrogens is 390 g/mol. The smallest absolute Gasteiger partial charge is 0.267 e. The summed E-state index contributed by atoms with van der Waals surface area (Å²) in [5.74, 6) is 0.391. The van der Waals surface area contributed by atoms with Crippen molar-refractivity contribution in [2.24, 2.45) is 0 Å². The first-order valence-electron chi connectivity index (χ1n) is 10.5. The summed E-state index contributed by atoms with van der Waals surface area (Å²) in [6.07, 6.45) is 1.43. The molecule has 0 saturated heterocycles. The minimum Gasteiger partial charge on any atom is -0.383 e. The van der Waals surface area contributed by atoms with Gasteiger partial charge < -0.3 is 5.73 Å². The molecule has 0 saturated carbocycles. The van der Waals surface area contributed by atoms with E-state index in [0.717, 1.165) is 27.9 Å². The lowest BCUT2D eigenvalue weighted by Crippen LogP contribution is -2.27. The van der Waals surface area contributed by atoms with Crippen LogP contribution < -0.4 is 11.3 Å². The Morgan fingerprint density at radius 1 is 0.968 bits per heavy atom. The number of aryl methyl sites for hydroxylation is 1. The van der Waals surface area contributed by atoms with E-state index in [9.17, 15) is 4.79 Å². The highest BCUT2D eigenvalue weighted by atomic mass is 16.1. The van der Waals surface area contributed by atoms with E-state index in [0.29, 0.717) is 11.5 Å². The van der Waals surface area contributed by atoms with Crippen LogP contribution in [-0.2, 0) is 0 Å². The van der Waals surface area contributed by atoms with Crippen molar-refractivity contribution in [3.05, 3.63) is 64.3 Å². The van der Waals surface area contributed by atoms with Gasteiger partial charge in [0.25, 0.3) is 5.56 Å². The average molecular weight is 420 g/mol. The Bertz CT molecular complexity index is 1240. The molecule has 0 radical (unpaired) electrons. The number of benzene rings is 1. The fourth-order valence-electron chi connectivity index (χ4n) is 3.56. The van der Waals surface area contributed by atoms with E-state index in [1.54, 1.807) is 10.7 Å². The third-order valence-corrected chi connectivity index (χ3v) is 5.03. The van der Waals surface area contributed by atoms with Crippen molar-refractivity contribution in [1.82, 2.24) is 29.5 Å². The van der Waals surface area contributed by atoms with E-state index in [-0.39, 0.29) is 17.6 Å². The van der Waals surface area contributed by atoms with Crippen molar-refractivity contribution in [2.45, 2.75) is 53.6 Å². The standard InChI is InChI=1S/C21H23N7O.C2H6/c1-12(2)27-17(29)10-16(19(26-27)15-8-6-5-7-9-15)14(4)28-21-18(13(3)25-28)20(22)23-11-24-21;1-2/h5-12,14H,1-4H3,(H2,22,23,24);1-2H3. The van der Waals surface area contributed by atoms with Crippen LogP contribution in [0.5, 0.6) is 0 Å². The summed E-state index contributed by atoms with van der Waals surface area (Å²) in [5.41, 5.74) is 9.73. The molecule has 1 unspecified atom stereocenters. The lowest BCUT2D eigenvalue weighted by atomic mass is 10.0. The first kappa shape index (κ1) is 22.1. The Balaban J connectivity index is 0.00000132. The van der Waals surface area contributed by atoms with Gasteiger partial charge in [-0.25, -0.2) is 19.3 Å². The average Bonchev–Trinajstić information content (AvgIpc) is 3.12. The van der Waals surface area contributed by atoms with Crippen LogP contribution >= 0.6 is 0 Å². The molecule has 162 valence electrons. The normalized spacial score (nSPS) is 12.0. The minimum absolute atomic E-state index is 0.0466. The second kappa shape index (κ2) is 9.07. The third-order valence-electron chi connectivity index (χ3n) is 5.03. The van der Waals surface area contributed by atoms with Crippen LogP contribution in [0.1, 0.15) is 58.0 Å². The van der Waals surface area contributed by atoms with Gasteiger partial charge in [0.2, 0.25) is 0 Å². The Hall–Kier alpha value is -3.55. The van der Waals surface area contributed by atoms with Crippen molar-refractivity contribution in [3.8, 4) is 11.3 Å². The topological polar surface area (TPSA) is 105 Å². The minimum atomic E-state index is -0.280. The fourth-order valence-corrected chi connectivity index (χ4v) is 3.56. The highest BCUT2D eigenvalue weighted by molar-refractivity contribution is 5.88. The summed E-state index contributed by atoms with van der Waals surface area (Å²) in [6.45, 7) is 11.7. The molecule has 0 fully saturated rings. The van der Waals surface area contributed by atoms with Crippen molar-refractivity contribution in [3.63, 3.8) is 0 Å². The number of hydrogen-bond donors (Lipinski definition) is 1. The lowest BCUT2D eigenvalue weighted by molar-refractivity contribution is 0.495. The van der Waals surface area contributed by atoms with Gasteiger partial charge in [-0.05, 0) is 27.7 Å². The van der Waals surface area contributed by atoms with E-state index in [4.69, 9.17) is 10.8 Å². The quantitative estimate of drug-likeness (QED) is 0.533.